The third-order valence-electron chi connectivity index (χ3n) is 2.24. The first-order chi connectivity index (χ1) is 5.81. The van der Waals surface area contributed by atoms with Gasteiger partial charge in [-0.3, -0.25) is 0 Å². The third kappa shape index (κ3) is 3.38. The fourth-order valence-corrected chi connectivity index (χ4v) is 2.88. The minimum absolute atomic E-state index is 0.226. The van der Waals surface area contributed by atoms with Crippen molar-refractivity contribution in [2.24, 2.45) is 0 Å². The lowest BCUT2D eigenvalue weighted by Crippen LogP contribution is -2.25. The van der Waals surface area contributed by atoms with Gasteiger partial charge < -0.3 is 0 Å². The van der Waals surface area contributed by atoms with Crippen LogP contribution in [0.25, 0.3) is 0 Å². The van der Waals surface area contributed by atoms with Gasteiger partial charge in [0, 0.05) is 23.5 Å². The SMILES string of the molecule is O=S(=O)(Cl)C1CCCCC(F)(F)C1. The summed E-state index contributed by atoms with van der Waals surface area (Å²) in [7, 11) is 1.22. The molecule has 6 heteroatoms. The van der Waals surface area contributed by atoms with Gasteiger partial charge in [0.1, 0.15) is 0 Å². The van der Waals surface area contributed by atoms with Crippen molar-refractivity contribution in [3.05, 3.63) is 0 Å². The van der Waals surface area contributed by atoms with Crippen LogP contribution in [0, 0.1) is 0 Å². The predicted octanol–water partition coefficient (Wildman–Crippen LogP) is 2.52. The Kier molecular flexibility index (Phi) is 3.17. The molecular formula is C7H11ClF2O2S. The lowest BCUT2D eigenvalue weighted by molar-refractivity contribution is -0.0129. The number of alkyl halides is 2. The van der Waals surface area contributed by atoms with Gasteiger partial charge in [-0.05, 0) is 12.8 Å². The van der Waals surface area contributed by atoms with E-state index in [1.54, 1.807) is 0 Å². The first-order valence-corrected chi connectivity index (χ1v) is 6.50. The third-order valence-corrected chi connectivity index (χ3v) is 4.20. The maximum Gasteiger partial charge on any atom is 0.249 e. The fraction of sp³-hybridized carbons (Fsp3) is 1.00. The van der Waals surface area contributed by atoms with E-state index in [0.29, 0.717) is 12.8 Å². The molecule has 1 rings (SSSR count). The Hall–Kier alpha value is 0.1000. The molecule has 13 heavy (non-hydrogen) atoms. The molecule has 0 saturated heterocycles. The van der Waals surface area contributed by atoms with E-state index in [0.717, 1.165) is 0 Å². The molecule has 1 unspecified atom stereocenters. The highest BCUT2D eigenvalue weighted by molar-refractivity contribution is 8.14. The molecule has 0 amide bonds. The molecule has 0 aromatic rings. The summed E-state index contributed by atoms with van der Waals surface area (Å²) >= 11 is 0. The van der Waals surface area contributed by atoms with Crippen molar-refractivity contribution in [2.45, 2.75) is 43.3 Å². The first kappa shape index (κ1) is 11.2. The predicted molar refractivity (Wildman–Crippen MR) is 46.6 cm³/mol. The van der Waals surface area contributed by atoms with Gasteiger partial charge in [0.2, 0.25) is 15.0 Å². The molecule has 0 aliphatic heterocycles. The van der Waals surface area contributed by atoms with Crippen molar-refractivity contribution in [1.82, 2.24) is 0 Å². The van der Waals surface area contributed by atoms with Gasteiger partial charge in [-0.1, -0.05) is 6.42 Å². The molecule has 2 nitrogen and oxygen atoms in total. The average Bonchev–Trinajstić information content (AvgIpc) is 2.08. The second kappa shape index (κ2) is 3.69. The Labute approximate surface area is 80.7 Å². The second-order valence-corrected chi connectivity index (χ2v) is 6.31. The van der Waals surface area contributed by atoms with Crippen LogP contribution in [-0.2, 0) is 9.05 Å². The second-order valence-electron chi connectivity index (χ2n) is 3.40. The molecule has 1 fully saturated rings. The molecule has 78 valence electrons. The van der Waals surface area contributed by atoms with Crippen LogP contribution in [0.3, 0.4) is 0 Å². The van der Waals surface area contributed by atoms with E-state index in [1.165, 1.54) is 0 Å². The van der Waals surface area contributed by atoms with Gasteiger partial charge in [-0.25, -0.2) is 17.2 Å². The Balaban J connectivity index is 2.77. The normalized spacial score (nSPS) is 29.6. The number of halogens is 3. The van der Waals surface area contributed by atoms with Crippen LogP contribution < -0.4 is 0 Å². The zero-order valence-corrected chi connectivity index (χ0v) is 8.54. The lowest BCUT2D eigenvalue weighted by Gasteiger charge is -2.16. The Bertz CT molecular complexity index is 276. The maximum absolute atomic E-state index is 12.9. The highest BCUT2D eigenvalue weighted by atomic mass is 35.7. The van der Waals surface area contributed by atoms with Crippen molar-refractivity contribution in [2.75, 3.05) is 0 Å². The summed E-state index contributed by atoms with van der Waals surface area (Å²) in [5.74, 6) is -2.87. The summed E-state index contributed by atoms with van der Waals surface area (Å²) < 4.78 is 47.6. The molecule has 1 aliphatic rings. The molecule has 0 radical (unpaired) electrons. The molecule has 1 atom stereocenters. The average molecular weight is 233 g/mol. The Morgan fingerprint density at radius 2 is 1.92 bits per heavy atom. The van der Waals surface area contributed by atoms with Gasteiger partial charge in [-0.2, -0.15) is 0 Å². The first-order valence-electron chi connectivity index (χ1n) is 4.12. The van der Waals surface area contributed by atoms with Crippen LogP contribution in [-0.4, -0.2) is 19.6 Å². The summed E-state index contributed by atoms with van der Waals surface area (Å²) in [5, 5.41) is -1.08. The smallest absolute Gasteiger partial charge is 0.212 e. The zero-order chi connectivity index (χ0) is 10.1. The van der Waals surface area contributed by atoms with Gasteiger partial charge in [-0.15, -0.1) is 0 Å². The van der Waals surface area contributed by atoms with Crippen LogP contribution >= 0.6 is 10.7 Å². The van der Waals surface area contributed by atoms with Crippen LogP contribution in [0.4, 0.5) is 8.78 Å². The molecule has 0 heterocycles. The van der Waals surface area contributed by atoms with E-state index in [9.17, 15) is 17.2 Å². The quantitative estimate of drug-likeness (QED) is 0.514. The van der Waals surface area contributed by atoms with E-state index in [4.69, 9.17) is 10.7 Å². The Morgan fingerprint density at radius 3 is 2.46 bits per heavy atom. The van der Waals surface area contributed by atoms with Crippen molar-refractivity contribution >= 4 is 19.7 Å². The zero-order valence-electron chi connectivity index (χ0n) is 6.97. The summed E-state index contributed by atoms with van der Waals surface area (Å²) in [6, 6.07) is 0. The van der Waals surface area contributed by atoms with Crippen LogP contribution in [0.2, 0.25) is 0 Å². The summed E-state index contributed by atoms with van der Waals surface area (Å²) in [5.41, 5.74) is 0. The highest BCUT2D eigenvalue weighted by Gasteiger charge is 2.39. The molecule has 0 aromatic heterocycles. The minimum Gasteiger partial charge on any atom is -0.212 e. The number of rotatable bonds is 1. The van der Waals surface area contributed by atoms with E-state index >= 15 is 0 Å². The van der Waals surface area contributed by atoms with Crippen LogP contribution in [0.1, 0.15) is 32.1 Å². The number of hydrogen-bond acceptors (Lipinski definition) is 2. The van der Waals surface area contributed by atoms with Crippen LogP contribution in [0.5, 0.6) is 0 Å². The molecular weight excluding hydrogens is 222 g/mol. The van der Waals surface area contributed by atoms with Crippen molar-refractivity contribution in [3.8, 4) is 0 Å². The summed E-state index contributed by atoms with van der Waals surface area (Å²) in [6.45, 7) is 0. The van der Waals surface area contributed by atoms with Gasteiger partial charge in [0.25, 0.3) is 0 Å². The van der Waals surface area contributed by atoms with Crippen molar-refractivity contribution < 1.29 is 17.2 Å². The maximum atomic E-state index is 12.9. The topological polar surface area (TPSA) is 34.1 Å². The van der Waals surface area contributed by atoms with E-state index < -0.39 is 26.6 Å². The molecule has 1 aliphatic carbocycles. The minimum atomic E-state index is -3.83. The molecule has 0 N–H and O–H groups in total. The molecule has 0 bridgehead atoms. The molecule has 0 spiro atoms. The number of hydrogen-bond donors (Lipinski definition) is 0. The van der Waals surface area contributed by atoms with Crippen molar-refractivity contribution in [3.63, 3.8) is 0 Å². The summed E-state index contributed by atoms with van der Waals surface area (Å²) in [4.78, 5) is 0. The largest absolute Gasteiger partial charge is 0.249 e. The van der Waals surface area contributed by atoms with Gasteiger partial charge in [0.15, 0.2) is 0 Å². The fourth-order valence-electron chi connectivity index (χ4n) is 1.53. The van der Waals surface area contributed by atoms with E-state index in [2.05, 4.69) is 0 Å². The van der Waals surface area contributed by atoms with E-state index in [1.807, 2.05) is 0 Å². The monoisotopic (exact) mass is 232 g/mol. The van der Waals surface area contributed by atoms with E-state index in [-0.39, 0.29) is 12.8 Å². The highest BCUT2D eigenvalue weighted by Crippen LogP contribution is 2.35. The Morgan fingerprint density at radius 1 is 1.31 bits per heavy atom. The van der Waals surface area contributed by atoms with Crippen molar-refractivity contribution in [1.29, 1.82) is 0 Å². The van der Waals surface area contributed by atoms with Gasteiger partial charge in [0.05, 0.1) is 5.25 Å². The van der Waals surface area contributed by atoms with Crippen LogP contribution in [0.15, 0.2) is 0 Å². The lowest BCUT2D eigenvalue weighted by atomic mass is 10.1. The van der Waals surface area contributed by atoms with Gasteiger partial charge >= 0.3 is 0 Å². The molecule has 0 aromatic carbocycles. The molecule has 1 saturated carbocycles. The summed E-state index contributed by atoms with van der Waals surface area (Å²) in [6.07, 6.45) is 0.276. The standard InChI is InChI=1S/C7H11ClF2O2S/c8-13(11,12)6-3-1-2-4-7(9,10)5-6/h6H,1-5H2.